The molecule has 3 atom stereocenters. The summed E-state index contributed by atoms with van der Waals surface area (Å²) in [6, 6.07) is 3.44. The minimum absolute atomic E-state index is 0.000196. The van der Waals surface area contributed by atoms with E-state index in [9.17, 15) is 14.4 Å². The molecule has 12 heteroatoms. The quantitative estimate of drug-likeness (QED) is 0.565. The van der Waals surface area contributed by atoms with Gasteiger partial charge in [0.25, 0.3) is 0 Å². The number of ether oxygens (including phenoxy) is 1. The fraction of sp³-hybridized carbons (Fsp3) is 0.643. The molecular weight excluding hydrogens is 512 g/mol. The highest BCUT2D eigenvalue weighted by molar-refractivity contribution is 5.95. The SMILES string of the molecule is CC[C@H]1CN(C(=O)n2ccc3c(N(C)[C@H]4CN(C(=O)CC#N)CC[C@H]4C)ncnc32)CCN1C(=O)OC(C)(C)C. The van der Waals surface area contributed by atoms with Crippen molar-refractivity contribution in [2.75, 3.05) is 44.7 Å². The van der Waals surface area contributed by atoms with E-state index >= 15 is 0 Å². The molecule has 0 unspecified atom stereocenters. The molecule has 0 aromatic carbocycles. The predicted molar refractivity (Wildman–Crippen MR) is 150 cm³/mol. The van der Waals surface area contributed by atoms with E-state index < -0.39 is 5.60 Å². The Morgan fingerprint density at radius 2 is 1.90 bits per heavy atom. The molecule has 0 saturated carbocycles. The number of anilines is 1. The average molecular weight is 553 g/mol. The van der Waals surface area contributed by atoms with E-state index in [-0.39, 0.29) is 36.5 Å². The Labute approximate surface area is 235 Å². The van der Waals surface area contributed by atoms with E-state index in [1.54, 1.807) is 20.9 Å². The number of fused-ring (bicyclic) bond motifs is 1. The van der Waals surface area contributed by atoms with Gasteiger partial charge in [-0.2, -0.15) is 5.26 Å². The van der Waals surface area contributed by atoms with Crippen molar-refractivity contribution in [1.82, 2.24) is 29.2 Å². The van der Waals surface area contributed by atoms with E-state index in [1.807, 2.05) is 46.9 Å². The summed E-state index contributed by atoms with van der Waals surface area (Å²) in [5.41, 5.74) is -0.0815. The van der Waals surface area contributed by atoms with Crippen LogP contribution in [0.5, 0.6) is 0 Å². The van der Waals surface area contributed by atoms with Gasteiger partial charge in [-0.05, 0) is 45.6 Å². The van der Waals surface area contributed by atoms with Crippen molar-refractivity contribution in [2.24, 2.45) is 5.92 Å². The number of amides is 3. The van der Waals surface area contributed by atoms with Gasteiger partial charge in [-0.1, -0.05) is 13.8 Å². The maximum Gasteiger partial charge on any atom is 0.410 e. The first-order valence-corrected chi connectivity index (χ1v) is 13.9. The first-order valence-electron chi connectivity index (χ1n) is 13.9. The molecule has 0 spiro atoms. The summed E-state index contributed by atoms with van der Waals surface area (Å²) in [6.07, 6.45) is 4.21. The van der Waals surface area contributed by atoms with E-state index in [1.165, 1.54) is 10.9 Å². The van der Waals surface area contributed by atoms with E-state index in [4.69, 9.17) is 10.00 Å². The Hall–Kier alpha value is -3.88. The summed E-state index contributed by atoms with van der Waals surface area (Å²) < 4.78 is 7.12. The second-order valence-corrected chi connectivity index (χ2v) is 11.7. The number of rotatable bonds is 4. The van der Waals surface area contributed by atoms with Crippen molar-refractivity contribution in [1.29, 1.82) is 5.26 Å². The second kappa shape index (κ2) is 11.7. The molecule has 2 aromatic heterocycles. The average Bonchev–Trinajstić information content (AvgIpc) is 3.35. The zero-order valence-corrected chi connectivity index (χ0v) is 24.3. The minimum Gasteiger partial charge on any atom is -0.444 e. The van der Waals surface area contributed by atoms with E-state index in [2.05, 4.69) is 21.8 Å². The van der Waals surface area contributed by atoms with Crippen molar-refractivity contribution in [3.63, 3.8) is 0 Å². The number of nitrogens with zero attached hydrogens (tertiary/aromatic N) is 8. The smallest absolute Gasteiger partial charge is 0.410 e. The lowest BCUT2D eigenvalue weighted by molar-refractivity contribution is -0.131. The molecule has 0 aliphatic carbocycles. The predicted octanol–water partition coefficient (Wildman–Crippen LogP) is 3.32. The Kier molecular flexibility index (Phi) is 8.51. The third kappa shape index (κ3) is 5.98. The number of likely N-dealkylation sites (tertiary alicyclic amines) is 1. The van der Waals surface area contributed by atoms with Crippen molar-refractivity contribution < 1.29 is 19.1 Å². The lowest BCUT2D eigenvalue weighted by atomic mass is 9.92. The largest absolute Gasteiger partial charge is 0.444 e. The fourth-order valence-corrected chi connectivity index (χ4v) is 5.58. The molecule has 0 radical (unpaired) electrons. The highest BCUT2D eigenvalue weighted by atomic mass is 16.6. The number of aromatic nitrogens is 3. The zero-order valence-electron chi connectivity index (χ0n) is 24.3. The van der Waals surface area contributed by atoms with Crippen LogP contribution in [-0.2, 0) is 9.53 Å². The minimum atomic E-state index is -0.586. The van der Waals surface area contributed by atoms with Gasteiger partial charge in [0.2, 0.25) is 5.91 Å². The molecule has 3 amide bonds. The molecule has 0 N–H and O–H groups in total. The molecular formula is C28H40N8O4. The van der Waals surface area contributed by atoms with Crippen molar-refractivity contribution in [3.8, 4) is 6.07 Å². The van der Waals surface area contributed by atoms with Crippen LogP contribution in [0, 0.1) is 17.2 Å². The molecule has 4 rings (SSSR count). The molecule has 2 fully saturated rings. The van der Waals surface area contributed by atoms with Crippen LogP contribution in [0.3, 0.4) is 0 Å². The van der Waals surface area contributed by atoms with Gasteiger partial charge in [-0.15, -0.1) is 0 Å². The van der Waals surface area contributed by atoms with Gasteiger partial charge >= 0.3 is 12.1 Å². The van der Waals surface area contributed by atoms with Crippen LogP contribution in [0.25, 0.3) is 11.0 Å². The lowest BCUT2D eigenvalue weighted by Crippen LogP contribution is -2.57. The number of likely N-dealkylation sites (N-methyl/N-ethyl adjacent to an activating group) is 1. The Bertz CT molecular complexity index is 1300. The topological polar surface area (TPSA) is 128 Å². The Morgan fingerprint density at radius 1 is 1.15 bits per heavy atom. The van der Waals surface area contributed by atoms with Gasteiger partial charge < -0.3 is 24.3 Å². The highest BCUT2D eigenvalue weighted by Gasteiger charge is 2.36. The van der Waals surface area contributed by atoms with Crippen LogP contribution in [0.4, 0.5) is 15.4 Å². The van der Waals surface area contributed by atoms with Gasteiger partial charge in [0, 0.05) is 46.0 Å². The summed E-state index contributed by atoms with van der Waals surface area (Å²) in [4.78, 5) is 55.1. The third-order valence-electron chi connectivity index (χ3n) is 7.85. The lowest BCUT2D eigenvalue weighted by Gasteiger charge is -2.42. The molecule has 2 aliphatic heterocycles. The molecule has 4 heterocycles. The zero-order chi connectivity index (χ0) is 29.2. The molecule has 0 bridgehead atoms. The van der Waals surface area contributed by atoms with Crippen molar-refractivity contribution in [3.05, 3.63) is 18.6 Å². The monoisotopic (exact) mass is 552 g/mol. The normalized spacial score (nSPS) is 21.7. The Morgan fingerprint density at radius 3 is 2.58 bits per heavy atom. The van der Waals surface area contributed by atoms with Gasteiger partial charge in [0.15, 0.2) is 5.65 Å². The summed E-state index contributed by atoms with van der Waals surface area (Å²) in [7, 11) is 1.95. The van der Waals surface area contributed by atoms with Crippen LogP contribution in [0.1, 0.15) is 53.9 Å². The second-order valence-electron chi connectivity index (χ2n) is 11.7. The summed E-state index contributed by atoms with van der Waals surface area (Å²) in [6.45, 7) is 12.0. The van der Waals surface area contributed by atoms with Gasteiger partial charge in [0.05, 0.1) is 23.5 Å². The highest BCUT2D eigenvalue weighted by Crippen LogP contribution is 2.30. The summed E-state index contributed by atoms with van der Waals surface area (Å²) >= 11 is 0. The molecule has 216 valence electrons. The first kappa shape index (κ1) is 29.1. The third-order valence-corrected chi connectivity index (χ3v) is 7.85. The number of hydrogen-bond acceptors (Lipinski definition) is 8. The number of carbonyl (C=O) groups excluding carboxylic acids is 3. The maximum absolute atomic E-state index is 13.7. The number of piperidine rings is 1. The fourth-order valence-electron chi connectivity index (χ4n) is 5.58. The van der Waals surface area contributed by atoms with E-state index in [0.29, 0.717) is 56.5 Å². The first-order chi connectivity index (χ1) is 18.9. The maximum atomic E-state index is 13.7. The van der Waals surface area contributed by atoms with Crippen LogP contribution < -0.4 is 4.90 Å². The molecule has 2 saturated heterocycles. The van der Waals surface area contributed by atoms with Crippen LogP contribution >= 0.6 is 0 Å². The summed E-state index contributed by atoms with van der Waals surface area (Å²) in [5, 5.41) is 9.70. The van der Waals surface area contributed by atoms with E-state index in [0.717, 1.165) is 11.8 Å². The molecule has 2 aromatic rings. The van der Waals surface area contributed by atoms with Gasteiger partial charge in [0.1, 0.15) is 24.2 Å². The van der Waals surface area contributed by atoms with Crippen LogP contribution in [-0.4, -0.2) is 105 Å². The van der Waals surface area contributed by atoms with Crippen LogP contribution in [0.2, 0.25) is 0 Å². The van der Waals surface area contributed by atoms with Gasteiger partial charge in [-0.25, -0.2) is 19.6 Å². The number of carbonyl (C=O) groups is 3. The number of nitriles is 1. The number of piperazine rings is 1. The number of hydrogen-bond donors (Lipinski definition) is 0. The Balaban J connectivity index is 1.53. The standard InChI is InChI=1S/C28H40N8O4/c1-7-20-16-34(14-15-35(20)27(39)40-28(3,4)5)26(38)36-13-10-21-24(30-18-31-25(21)36)32(6)22-17-33(12-9-19(22)2)23(37)8-11-29/h10,13,18-20,22H,7-9,12,14-17H2,1-6H3/t19-,20+,22+/m1/s1. The molecule has 2 aliphatic rings. The molecule has 40 heavy (non-hydrogen) atoms. The van der Waals surface area contributed by atoms with Crippen molar-refractivity contribution in [2.45, 2.75) is 71.6 Å². The molecule has 12 nitrogen and oxygen atoms in total. The van der Waals surface area contributed by atoms with Gasteiger partial charge in [-0.3, -0.25) is 9.36 Å². The van der Waals surface area contributed by atoms with Crippen LogP contribution in [0.15, 0.2) is 18.6 Å². The summed E-state index contributed by atoms with van der Waals surface area (Å²) in [5.74, 6) is 0.829. The van der Waals surface area contributed by atoms with Crippen molar-refractivity contribution >= 4 is 34.9 Å².